The lowest BCUT2D eigenvalue weighted by molar-refractivity contribution is -0.127. The van der Waals surface area contributed by atoms with Crippen molar-refractivity contribution in [2.24, 2.45) is 0 Å². The molecule has 4 heterocycles. The van der Waals surface area contributed by atoms with E-state index in [4.69, 9.17) is 18.6 Å². The van der Waals surface area contributed by atoms with Gasteiger partial charge in [-0.25, -0.2) is 0 Å². The predicted molar refractivity (Wildman–Crippen MR) is 139 cm³/mol. The summed E-state index contributed by atoms with van der Waals surface area (Å²) in [7, 11) is 3.05. The number of rotatable bonds is 7. The number of furan rings is 1. The number of fused-ring (bicyclic) bond motifs is 5. The minimum Gasteiger partial charge on any atom is -0.493 e. The second kappa shape index (κ2) is 8.70. The number of carbonyl (C=O) groups excluding carboxylic acids is 1. The fourth-order valence-electron chi connectivity index (χ4n) is 4.86. The molecule has 1 amide bonds. The number of aromatic nitrogens is 2. The van der Waals surface area contributed by atoms with Crippen molar-refractivity contribution >= 4 is 44.0 Å². The second-order valence-electron chi connectivity index (χ2n) is 8.66. The van der Waals surface area contributed by atoms with Gasteiger partial charge in [0.2, 0.25) is 0 Å². The lowest BCUT2D eigenvalue weighted by Crippen LogP contribution is -2.35. The maximum atomic E-state index is 13.8. The molecule has 186 valence electrons. The van der Waals surface area contributed by atoms with Crippen LogP contribution in [0.15, 0.2) is 70.2 Å². The van der Waals surface area contributed by atoms with Crippen molar-refractivity contribution in [3.05, 3.63) is 77.1 Å². The van der Waals surface area contributed by atoms with Gasteiger partial charge in [0.1, 0.15) is 11.5 Å². The summed E-state index contributed by atoms with van der Waals surface area (Å²) in [5.41, 5.74) is 1.86. The molecule has 0 radical (unpaired) electrons. The van der Waals surface area contributed by atoms with Gasteiger partial charge in [-0.3, -0.25) is 19.0 Å². The molecule has 0 fully saturated rings. The van der Waals surface area contributed by atoms with Crippen molar-refractivity contribution in [2.75, 3.05) is 14.2 Å². The molecule has 0 unspecified atom stereocenters. The number of benzene rings is 2. The Bertz CT molecular complexity index is 1840. The molecule has 0 aliphatic rings. The molecule has 37 heavy (non-hydrogen) atoms. The van der Waals surface area contributed by atoms with E-state index in [1.165, 1.54) is 14.2 Å². The van der Waals surface area contributed by atoms with Gasteiger partial charge in [0.05, 0.1) is 49.0 Å². The van der Waals surface area contributed by atoms with Crippen LogP contribution >= 0.6 is 0 Å². The number of nitrogens with one attached hydrogen (secondary N) is 1. The smallest absolute Gasteiger partial charge is 0.267 e. The highest BCUT2D eigenvalue weighted by Crippen LogP contribution is 2.39. The molecular weight excluding hydrogens is 474 g/mol. The van der Waals surface area contributed by atoms with E-state index in [1.54, 1.807) is 48.0 Å². The van der Waals surface area contributed by atoms with Gasteiger partial charge in [-0.2, -0.15) is 0 Å². The van der Waals surface area contributed by atoms with E-state index in [0.717, 1.165) is 10.8 Å². The summed E-state index contributed by atoms with van der Waals surface area (Å²) >= 11 is 0. The molecule has 4 aromatic heterocycles. The lowest BCUT2D eigenvalue weighted by Gasteiger charge is -2.14. The first-order chi connectivity index (χ1) is 18.0. The van der Waals surface area contributed by atoms with Crippen molar-refractivity contribution < 1.29 is 23.4 Å². The monoisotopic (exact) mass is 497 g/mol. The first-order valence-corrected chi connectivity index (χ1v) is 11.7. The van der Waals surface area contributed by atoms with Crippen molar-refractivity contribution in [1.82, 2.24) is 14.7 Å². The van der Waals surface area contributed by atoms with Crippen LogP contribution in [0.25, 0.3) is 38.1 Å². The van der Waals surface area contributed by atoms with Gasteiger partial charge < -0.3 is 23.9 Å². The van der Waals surface area contributed by atoms with Crippen molar-refractivity contribution in [3.8, 4) is 17.2 Å². The van der Waals surface area contributed by atoms with Crippen LogP contribution in [0.5, 0.6) is 17.2 Å². The number of methoxy groups -OCH3 is 2. The number of ether oxygens (including phenoxy) is 3. The number of nitrogens with zero attached hydrogens (tertiary/aromatic N) is 2. The Kier molecular flexibility index (Phi) is 5.33. The molecule has 0 saturated carbocycles. The third-order valence-electron chi connectivity index (χ3n) is 6.56. The average molecular weight is 498 g/mol. The van der Waals surface area contributed by atoms with Crippen LogP contribution in [0, 0.1) is 0 Å². The topological polar surface area (TPSA) is 104 Å². The van der Waals surface area contributed by atoms with E-state index in [2.05, 4.69) is 10.3 Å². The van der Waals surface area contributed by atoms with E-state index in [0.29, 0.717) is 50.3 Å². The predicted octanol–water partition coefficient (Wildman–Crippen LogP) is 4.29. The standard InChI is InChI=1S/C28H23N3O6/c1-15(27(32)30-14-17-5-4-12-36-17)37-16-6-8-21-20(13-16)18-10-11-29-24-19-7-9-22(34-2)26(35-3)23(19)28(33)31(21)25(18)24/h4-13,15H,14H2,1-3H3,(H,30,32)/t15-/m1/s1. The molecule has 0 aliphatic carbocycles. The van der Waals surface area contributed by atoms with Crippen molar-refractivity contribution in [1.29, 1.82) is 0 Å². The maximum Gasteiger partial charge on any atom is 0.267 e. The first-order valence-electron chi connectivity index (χ1n) is 11.7. The number of amides is 1. The van der Waals surface area contributed by atoms with Crippen LogP contribution in [0.2, 0.25) is 0 Å². The SMILES string of the molecule is COc1ccc2c(c1OC)c(=O)n1c3ccc(O[C@H](C)C(=O)NCc4ccco4)cc3c3ccnc2c31. The summed E-state index contributed by atoms with van der Waals surface area (Å²) in [4.78, 5) is 31.0. The summed E-state index contributed by atoms with van der Waals surface area (Å²) in [6.45, 7) is 1.96. The molecule has 0 saturated heterocycles. The summed E-state index contributed by atoms with van der Waals surface area (Å²) in [5, 5.41) is 5.55. The van der Waals surface area contributed by atoms with Crippen LogP contribution in [-0.2, 0) is 11.3 Å². The summed E-state index contributed by atoms with van der Waals surface area (Å²) in [6.07, 6.45) is 2.54. The molecule has 6 rings (SSSR count). The van der Waals surface area contributed by atoms with Crippen molar-refractivity contribution in [3.63, 3.8) is 0 Å². The third kappa shape index (κ3) is 3.50. The molecule has 0 spiro atoms. The molecular formula is C28H23N3O6. The Morgan fingerprint density at radius 2 is 1.95 bits per heavy atom. The minimum absolute atomic E-state index is 0.231. The molecule has 0 aliphatic heterocycles. The first kappa shape index (κ1) is 22.7. The van der Waals surface area contributed by atoms with E-state index in [-0.39, 0.29) is 18.0 Å². The van der Waals surface area contributed by atoms with Gasteiger partial charge in [0.25, 0.3) is 11.5 Å². The Morgan fingerprint density at radius 3 is 2.70 bits per heavy atom. The number of carbonyl (C=O) groups is 1. The van der Waals surface area contributed by atoms with Gasteiger partial charge in [0.15, 0.2) is 17.6 Å². The molecule has 0 bridgehead atoms. The zero-order valence-corrected chi connectivity index (χ0v) is 20.4. The zero-order valence-electron chi connectivity index (χ0n) is 20.4. The summed E-state index contributed by atoms with van der Waals surface area (Å²) in [5.74, 6) is 1.73. The van der Waals surface area contributed by atoms with Gasteiger partial charge >= 0.3 is 0 Å². The van der Waals surface area contributed by atoms with Crippen LogP contribution in [0.1, 0.15) is 12.7 Å². The van der Waals surface area contributed by atoms with Gasteiger partial charge in [-0.15, -0.1) is 0 Å². The molecule has 2 aromatic carbocycles. The lowest BCUT2D eigenvalue weighted by atomic mass is 10.1. The molecule has 9 nitrogen and oxygen atoms in total. The highest BCUT2D eigenvalue weighted by molar-refractivity contribution is 6.19. The highest BCUT2D eigenvalue weighted by Gasteiger charge is 2.23. The van der Waals surface area contributed by atoms with E-state index >= 15 is 0 Å². The molecule has 1 N–H and O–H groups in total. The van der Waals surface area contributed by atoms with E-state index < -0.39 is 6.10 Å². The number of hydrogen-bond donors (Lipinski definition) is 1. The fourth-order valence-corrected chi connectivity index (χ4v) is 4.86. The second-order valence-corrected chi connectivity index (χ2v) is 8.66. The largest absolute Gasteiger partial charge is 0.493 e. The fraction of sp³-hybridized carbons (Fsp3) is 0.179. The third-order valence-corrected chi connectivity index (χ3v) is 6.56. The zero-order chi connectivity index (χ0) is 25.7. The van der Waals surface area contributed by atoms with Gasteiger partial charge in [-0.1, -0.05) is 0 Å². The molecule has 1 atom stereocenters. The van der Waals surface area contributed by atoms with Gasteiger partial charge in [-0.05, 0) is 55.5 Å². The van der Waals surface area contributed by atoms with Crippen LogP contribution in [0.3, 0.4) is 0 Å². The van der Waals surface area contributed by atoms with E-state index in [9.17, 15) is 9.59 Å². The highest BCUT2D eigenvalue weighted by atomic mass is 16.5. The Hall–Kier alpha value is -4.79. The average Bonchev–Trinajstić information content (AvgIpc) is 3.56. The maximum absolute atomic E-state index is 13.8. The normalized spacial score (nSPS) is 12.4. The summed E-state index contributed by atoms with van der Waals surface area (Å²) in [6, 6.07) is 14.4. The Balaban J connectivity index is 1.46. The molecule has 6 aromatic rings. The number of hydrogen-bond acceptors (Lipinski definition) is 7. The van der Waals surface area contributed by atoms with Crippen molar-refractivity contribution in [2.45, 2.75) is 19.6 Å². The minimum atomic E-state index is -0.740. The van der Waals surface area contributed by atoms with E-state index in [1.807, 2.05) is 24.3 Å². The Labute approximate surface area is 210 Å². The van der Waals surface area contributed by atoms with Gasteiger partial charge in [0, 0.05) is 22.4 Å². The number of pyridine rings is 2. The van der Waals surface area contributed by atoms with Crippen LogP contribution < -0.4 is 25.1 Å². The Morgan fingerprint density at radius 1 is 1.08 bits per heavy atom. The van der Waals surface area contributed by atoms with Crippen LogP contribution in [-0.4, -0.2) is 35.6 Å². The summed E-state index contributed by atoms with van der Waals surface area (Å²) < 4.78 is 23.9. The quantitative estimate of drug-likeness (QED) is 0.328. The van der Waals surface area contributed by atoms with Crippen LogP contribution in [0.4, 0.5) is 0 Å². The molecule has 9 heteroatoms.